The molecule has 0 saturated carbocycles. The number of hydrogen-bond acceptors (Lipinski definition) is 5. The molecule has 1 aliphatic rings. The van der Waals surface area contributed by atoms with Gasteiger partial charge >= 0.3 is 16.1 Å². The summed E-state index contributed by atoms with van der Waals surface area (Å²) in [6, 6.07) is 0. The summed E-state index contributed by atoms with van der Waals surface area (Å²) in [6.45, 7) is 0. The van der Waals surface area contributed by atoms with Gasteiger partial charge < -0.3 is 4.74 Å². The van der Waals surface area contributed by atoms with Crippen LogP contribution < -0.4 is 0 Å². The van der Waals surface area contributed by atoms with Gasteiger partial charge in [-0.3, -0.25) is 14.2 Å². The normalized spacial score (nSPS) is 29.4. The topological polar surface area (TPSA) is 83.9 Å². The lowest BCUT2D eigenvalue weighted by molar-refractivity contribution is -0.151. The predicted molar refractivity (Wildman–Crippen MR) is 43.3 cm³/mol. The van der Waals surface area contributed by atoms with Gasteiger partial charge in [-0.25, -0.2) is 0 Å². The zero-order valence-corrected chi connectivity index (χ0v) is 8.17. The van der Waals surface area contributed by atoms with Crippen molar-refractivity contribution >= 4 is 16.1 Å². The van der Waals surface area contributed by atoms with Crippen molar-refractivity contribution in [2.75, 3.05) is 14.1 Å². The number of carbonyl (C=O) groups excluding carboxylic acids is 1. The van der Waals surface area contributed by atoms with E-state index in [1.54, 1.807) is 0 Å². The van der Waals surface area contributed by atoms with Gasteiger partial charge in [0.2, 0.25) is 0 Å². The molecule has 1 aliphatic heterocycles. The monoisotopic (exact) mass is 209 g/mol. The van der Waals surface area contributed by atoms with Crippen LogP contribution in [-0.4, -0.2) is 43.0 Å². The number of hydrogen-bond donors (Lipinski definition) is 1. The number of cyclic esters (lactones) is 1. The summed E-state index contributed by atoms with van der Waals surface area (Å²) in [7, 11) is -1.57. The zero-order valence-electron chi connectivity index (χ0n) is 7.35. The van der Waals surface area contributed by atoms with Crippen molar-refractivity contribution in [3.63, 3.8) is 0 Å². The second kappa shape index (κ2) is 2.93. The van der Waals surface area contributed by atoms with Crippen LogP contribution in [-0.2, 0) is 19.6 Å². The third kappa shape index (κ3) is 1.54. The Hall–Kier alpha value is -0.660. The van der Waals surface area contributed by atoms with Crippen LogP contribution in [0.4, 0.5) is 0 Å². The van der Waals surface area contributed by atoms with Gasteiger partial charge in [-0.05, 0) is 14.1 Å². The van der Waals surface area contributed by atoms with Crippen LogP contribution in [0.2, 0.25) is 0 Å². The van der Waals surface area contributed by atoms with E-state index in [0.29, 0.717) is 0 Å². The van der Waals surface area contributed by atoms with E-state index in [4.69, 9.17) is 4.55 Å². The molecule has 1 unspecified atom stereocenters. The molecule has 7 heteroatoms. The van der Waals surface area contributed by atoms with Crippen LogP contribution in [0, 0.1) is 0 Å². The molecule has 76 valence electrons. The largest absolute Gasteiger partial charge is 0.426 e. The Kier molecular flexibility index (Phi) is 2.35. The van der Waals surface area contributed by atoms with Crippen molar-refractivity contribution in [3.05, 3.63) is 0 Å². The minimum Gasteiger partial charge on any atom is -0.426 e. The molecule has 1 saturated heterocycles. The highest BCUT2D eigenvalue weighted by molar-refractivity contribution is 7.87. The Balaban J connectivity index is 3.12. The van der Waals surface area contributed by atoms with Crippen LogP contribution in [0.1, 0.15) is 12.8 Å². The average molecular weight is 209 g/mol. The van der Waals surface area contributed by atoms with Crippen molar-refractivity contribution < 1.29 is 22.5 Å². The maximum Gasteiger partial charge on any atom is 0.321 e. The average Bonchev–Trinajstić information content (AvgIpc) is 2.30. The van der Waals surface area contributed by atoms with Crippen LogP contribution in [0.5, 0.6) is 0 Å². The van der Waals surface area contributed by atoms with Gasteiger partial charge in [-0.1, -0.05) is 0 Å². The maximum atomic E-state index is 11.0. The van der Waals surface area contributed by atoms with Crippen molar-refractivity contribution in [2.24, 2.45) is 0 Å². The number of ether oxygens (including phenoxy) is 1. The van der Waals surface area contributed by atoms with Gasteiger partial charge in [-0.15, -0.1) is 0 Å². The second-order valence-corrected chi connectivity index (χ2v) is 4.64. The van der Waals surface area contributed by atoms with Gasteiger partial charge in [0.05, 0.1) is 6.42 Å². The molecule has 0 aromatic heterocycles. The van der Waals surface area contributed by atoms with Crippen molar-refractivity contribution in [2.45, 2.75) is 17.9 Å². The van der Waals surface area contributed by atoms with E-state index in [9.17, 15) is 13.2 Å². The van der Waals surface area contributed by atoms with E-state index < -0.39 is 21.1 Å². The summed E-state index contributed by atoms with van der Waals surface area (Å²) >= 11 is 0. The summed E-state index contributed by atoms with van der Waals surface area (Å²) in [6.07, 6.45) is -0.0460. The van der Waals surface area contributed by atoms with Crippen molar-refractivity contribution in [1.82, 2.24) is 4.90 Å². The van der Waals surface area contributed by atoms with E-state index in [0.717, 1.165) is 0 Å². The SMILES string of the molecule is CN(C)C1(S(=O)(=O)O)CCC(=O)O1. The Morgan fingerprint density at radius 1 is 1.54 bits per heavy atom. The quantitative estimate of drug-likeness (QED) is 0.484. The molecule has 0 aromatic carbocycles. The zero-order chi connectivity index (χ0) is 10.3. The van der Waals surface area contributed by atoms with Crippen molar-refractivity contribution in [3.8, 4) is 0 Å². The third-order valence-electron chi connectivity index (χ3n) is 2.00. The fourth-order valence-electron chi connectivity index (χ4n) is 1.27. The highest BCUT2D eigenvalue weighted by atomic mass is 32.2. The van der Waals surface area contributed by atoms with E-state index in [1.807, 2.05) is 0 Å². The fraction of sp³-hybridized carbons (Fsp3) is 0.833. The lowest BCUT2D eigenvalue weighted by Crippen LogP contribution is -2.50. The van der Waals surface area contributed by atoms with E-state index in [1.165, 1.54) is 19.0 Å². The summed E-state index contributed by atoms with van der Waals surface area (Å²) in [5.41, 5.74) is 0. The molecule has 1 heterocycles. The lowest BCUT2D eigenvalue weighted by atomic mass is 10.3. The smallest absolute Gasteiger partial charge is 0.321 e. The second-order valence-electron chi connectivity index (χ2n) is 3.06. The molecular weight excluding hydrogens is 198 g/mol. The predicted octanol–water partition coefficient (Wildman–Crippen LogP) is -0.573. The van der Waals surface area contributed by atoms with Crippen LogP contribution >= 0.6 is 0 Å². The first-order chi connectivity index (χ1) is 5.79. The first-order valence-corrected chi connectivity index (χ1v) is 5.10. The summed E-state index contributed by atoms with van der Waals surface area (Å²) < 4.78 is 35.5. The van der Waals surface area contributed by atoms with E-state index >= 15 is 0 Å². The molecule has 13 heavy (non-hydrogen) atoms. The van der Waals surface area contributed by atoms with E-state index in [2.05, 4.69) is 4.74 Å². The molecule has 1 N–H and O–H groups in total. The molecule has 0 spiro atoms. The van der Waals surface area contributed by atoms with Crippen LogP contribution in [0.3, 0.4) is 0 Å². The molecule has 0 radical (unpaired) electrons. The first kappa shape index (κ1) is 10.4. The van der Waals surface area contributed by atoms with Crippen LogP contribution in [0.15, 0.2) is 0 Å². The maximum absolute atomic E-state index is 11.0. The Labute approximate surface area is 76.2 Å². The minimum absolute atomic E-state index is 0.00201. The summed E-state index contributed by atoms with van der Waals surface area (Å²) in [4.78, 5) is 12.0. The van der Waals surface area contributed by atoms with Gasteiger partial charge in [0.15, 0.2) is 0 Å². The van der Waals surface area contributed by atoms with Gasteiger partial charge in [0.25, 0.3) is 5.06 Å². The third-order valence-corrected chi connectivity index (χ3v) is 3.46. The number of nitrogens with zero attached hydrogens (tertiary/aromatic N) is 1. The molecule has 0 aliphatic carbocycles. The van der Waals surface area contributed by atoms with Gasteiger partial charge in [0.1, 0.15) is 0 Å². The minimum atomic E-state index is -4.41. The highest BCUT2D eigenvalue weighted by Gasteiger charge is 2.53. The standard InChI is InChI=1S/C6H11NO5S/c1-7(2)6(13(9,10)11)4-3-5(8)12-6/h3-4H2,1-2H3,(H,9,10,11). The number of rotatable bonds is 2. The molecule has 1 atom stereocenters. The molecule has 6 nitrogen and oxygen atoms in total. The van der Waals surface area contributed by atoms with Gasteiger partial charge in [0, 0.05) is 6.42 Å². The van der Waals surface area contributed by atoms with Crippen molar-refractivity contribution in [1.29, 1.82) is 0 Å². The summed E-state index contributed by atoms with van der Waals surface area (Å²) in [5, 5.41) is -1.88. The Morgan fingerprint density at radius 2 is 2.08 bits per heavy atom. The Morgan fingerprint density at radius 3 is 2.23 bits per heavy atom. The van der Waals surface area contributed by atoms with E-state index in [-0.39, 0.29) is 12.8 Å². The summed E-state index contributed by atoms with van der Waals surface area (Å²) in [5.74, 6) is -0.619. The molecule has 1 fully saturated rings. The fourth-order valence-corrected chi connectivity index (χ4v) is 2.29. The number of carbonyl (C=O) groups is 1. The molecule has 0 bridgehead atoms. The molecule has 0 aromatic rings. The lowest BCUT2D eigenvalue weighted by Gasteiger charge is -2.30. The molecule has 0 amide bonds. The highest BCUT2D eigenvalue weighted by Crippen LogP contribution is 2.32. The molecule has 1 rings (SSSR count). The van der Waals surface area contributed by atoms with Crippen LogP contribution in [0.25, 0.3) is 0 Å². The first-order valence-electron chi connectivity index (χ1n) is 3.66. The molecular formula is C6H11NO5S. The number of esters is 1. The van der Waals surface area contributed by atoms with Gasteiger partial charge in [-0.2, -0.15) is 8.42 Å². The Bertz CT molecular complexity index is 322.